The standard InChI is InChI=1S/C8H9ClF3N3O2S/c9-7-5(13)2-1-3-6(7)15-18(16,17)14-4-8(10,11)12/h1-3,14-15H,4,13H2. The van der Waals surface area contributed by atoms with E-state index in [0.717, 1.165) is 0 Å². The molecule has 0 radical (unpaired) electrons. The minimum absolute atomic E-state index is 0.0881. The first-order valence-electron chi connectivity index (χ1n) is 4.49. The molecule has 0 saturated carbocycles. The second-order valence-electron chi connectivity index (χ2n) is 3.25. The Morgan fingerprint density at radius 2 is 1.94 bits per heavy atom. The van der Waals surface area contributed by atoms with Crippen LogP contribution in [0.3, 0.4) is 0 Å². The molecule has 4 N–H and O–H groups in total. The molecule has 0 spiro atoms. The number of hydrogen-bond donors (Lipinski definition) is 3. The molecule has 1 aromatic carbocycles. The van der Waals surface area contributed by atoms with Gasteiger partial charge in [-0.25, -0.2) is 0 Å². The van der Waals surface area contributed by atoms with Crippen LogP contribution in [-0.4, -0.2) is 21.1 Å². The molecule has 1 rings (SSSR count). The molecular formula is C8H9ClF3N3O2S. The summed E-state index contributed by atoms with van der Waals surface area (Å²) in [4.78, 5) is 0. The molecule has 0 unspecified atom stereocenters. The van der Waals surface area contributed by atoms with E-state index in [1.165, 1.54) is 22.9 Å². The number of alkyl halides is 3. The van der Waals surface area contributed by atoms with E-state index in [0.29, 0.717) is 0 Å². The van der Waals surface area contributed by atoms with Crippen LogP contribution in [0.2, 0.25) is 5.02 Å². The predicted molar refractivity (Wildman–Crippen MR) is 62.5 cm³/mol. The Kier molecular flexibility index (Phi) is 4.30. The lowest BCUT2D eigenvalue weighted by atomic mass is 10.3. The monoisotopic (exact) mass is 303 g/mol. The van der Waals surface area contributed by atoms with E-state index in [2.05, 4.69) is 0 Å². The SMILES string of the molecule is Nc1cccc(NS(=O)(=O)NCC(F)(F)F)c1Cl. The van der Waals surface area contributed by atoms with Gasteiger partial charge >= 0.3 is 6.18 Å². The first-order chi connectivity index (χ1) is 8.11. The smallest absolute Gasteiger partial charge is 0.397 e. The molecule has 0 aliphatic heterocycles. The van der Waals surface area contributed by atoms with Crippen molar-refractivity contribution in [1.29, 1.82) is 0 Å². The molecule has 0 fully saturated rings. The lowest BCUT2D eigenvalue weighted by Gasteiger charge is -2.12. The lowest BCUT2D eigenvalue weighted by Crippen LogP contribution is -2.37. The van der Waals surface area contributed by atoms with E-state index in [1.54, 1.807) is 0 Å². The molecular weight excluding hydrogens is 295 g/mol. The molecule has 10 heteroatoms. The molecule has 0 aliphatic rings. The van der Waals surface area contributed by atoms with Crippen molar-refractivity contribution in [2.75, 3.05) is 17.0 Å². The minimum Gasteiger partial charge on any atom is -0.397 e. The number of hydrogen-bond acceptors (Lipinski definition) is 3. The quantitative estimate of drug-likeness (QED) is 0.741. The average molecular weight is 304 g/mol. The van der Waals surface area contributed by atoms with E-state index in [4.69, 9.17) is 17.3 Å². The third-order valence-electron chi connectivity index (χ3n) is 1.74. The van der Waals surface area contributed by atoms with Crippen molar-refractivity contribution in [2.24, 2.45) is 0 Å². The summed E-state index contributed by atoms with van der Waals surface area (Å²) in [5.41, 5.74) is 5.41. The normalized spacial score (nSPS) is 12.4. The van der Waals surface area contributed by atoms with Crippen molar-refractivity contribution in [3.05, 3.63) is 23.2 Å². The maximum atomic E-state index is 11.9. The zero-order chi connectivity index (χ0) is 14.0. The number of nitrogen functional groups attached to an aromatic ring is 1. The highest BCUT2D eigenvalue weighted by Gasteiger charge is 2.29. The Labute approximate surface area is 106 Å². The molecule has 0 amide bonds. The van der Waals surface area contributed by atoms with Gasteiger partial charge in [-0.05, 0) is 12.1 Å². The van der Waals surface area contributed by atoms with Gasteiger partial charge in [0.15, 0.2) is 0 Å². The molecule has 5 nitrogen and oxygen atoms in total. The van der Waals surface area contributed by atoms with Crippen LogP contribution in [0.5, 0.6) is 0 Å². The minimum atomic E-state index is -4.64. The van der Waals surface area contributed by atoms with Gasteiger partial charge in [0, 0.05) is 0 Å². The molecule has 0 bridgehead atoms. The molecule has 0 aromatic heterocycles. The van der Waals surface area contributed by atoms with Crippen LogP contribution in [0, 0.1) is 0 Å². The summed E-state index contributed by atoms with van der Waals surface area (Å²) in [6, 6.07) is 4.09. The maximum Gasteiger partial charge on any atom is 0.402 e. The zero-order valence-corrected chi connectivity index (χ0v) is 10.3. The Balaban J connectivity index is 2.80. The van der Waals surface area contributed by atoms with E-state index in [-0.39, 0.29) is 16.4 Å². The third-order valence-corrected chi connectivity index (χ3v) is 3.17. The second kappa shape index (κ2) is 5.21. The van der Waals surface area contributed by atoms with E-state index in [1.807, 2.05) is 4.72 Å². The fourth-order valence-corrected chi connectivity index (χ4v) is 2.10. The maximum absolute atomic E-state index is 11.9. The van der Waals surface area contributed by atoms with E-state index in [9.17, 15) is 21.6 Å². The largest absolute Gasteiger partial charge is 0.402 e. The summed E-state index contributed by atoms with van der Waals surface area (Å²) in [6.45, 7) is -1.68. The van der Waals surface area contributed by atoms with E-state index >= 15 is 0 Å². The average Bonchev–Trinajstić information content (AvgIpc) is 2.21. The van der Waals surface area contributed by atoms with Gasteiger partial charge in [0.05, 0.1) is 16.4 Å². The van der Waals surface area contributed by atoms with Crippen LogP contribution in [0.1, 0.15) is 0 Å². The van der Waals surface area contributed by atoms with Crippen molar-refractivity contribution >= 4 is 33.2 Å². The summed E-state index contributed by atoms with van der Waals surface area (Å²) < 4.78 is 61.4. The van der Waals surface area contributed by atoms with Gasteiger partial charge in [0.25, 0.3) is 10.2 Å². The van der Waals surface area contributed by atoms with Crippen LogP contribution in [0.25, 0.3) is 0 Å². The van der Waals surface area contributed by atoms with Crippen LogP contribution in [0.4, 0.5) is 24.5 Å². The molecule has 0 saturated heterocycles. The lowest BCUT2D eigenvalue weighted by molar-refractivity contribution is -0.121. The third kappa shape index (κ3) is 4.59. The topological polar surface area (TPSA) is 84.2 Å². The Morgan fingerprint density at radius 1 is 1.33 bits per heavy atom. The summed E-state index contributed by atoms with van der Waals surface area (Å²) >= 11 is 5.69. The first-order valence-corrected chi connectivity index (χ1v) is 6.35. The summed E-state index contributed by atoms with van der Waals surface area (Å²) in [5.74, 6) is 0. The van der Waals surface area contributed by atoms with Crippen molar-refractivity contribution in [1.82, 2.24) is 4.72 Å². The molecule has 102 valence electrons. The Morgan fingerprint density at radius 3 is 2.50 bits per heavy atom. The summed E-state index contributed by atoms with van der Waals surface area (Å²) in [5, 5.41) is -0.0881. The van der Waals surface area contributed by atoms with Gasteiger partial charge in [0.2, 0.25) is 0 Å². The highest BCUT2D eigenvalue weighted by atomic mass is 35.5. The zero-order valence-electron chi connectivity index (χ0n) is 8.75. The summed E-state index contributed by atoms with van der Waals surface area (Å²) in [7, 11) is -4.37. The van der Waals surface area contributed by atoms with Crippen LogP contribution < -0.4 is 15.2 Å². The van der Waals surface area contributed by atoms with Crippen molar-refractivity contribution in [3.8, 4) is 0 Å². The van der Waals surface area contributed by atoms with Crippen LogP contribution in [-0.2, 0) is 10.2 Å². The highest BCUT2D eigenvalue weighted by Crippen LogP contribution is 2.28. The molecule has 1 aromatic rings. The predicted octanol–water partition coefficient (Wildman–Crippen LogP) is 1.73. The van der Waals surface area contributed by atoms with Crippen molar-refractivity contribution in [3.63, 3.8) is 0 Å². The number of halogens is 4. The number of benzene rings is 1. The van der Waals surface area contributed by atoms with Gasteiger partial charge in [-0.15, -0.1) is 0 Å². The van der Waals surface area contributed by atoms with Gasteiger partial charge in [-0.2, -0.15) is 26.3 Å². The molecule has 18 heavy (non-hydrogen) atoms. The van der Waals surface area contributed by atoms with Gasteiger partial charge in [-0.3, -0.25) is 4.72 Å². The second-order valence-corrected chi connectivity index (χ2v) is 5.13. The molecule has 0 heterocycles. The molecule has 0 aliphatic carbocycles. The van der Waals surface area contributed by atoms with Crippen LogP contribution in [0.15, 0.2) is 18.2 Å². The summed E-state index contributed by atoms with van der Waals surface area (Å²) in [6.07, 6.45) is -4.64. The highest BCUT2D eigenvalue weighted by molar-refractivity contribution is 7.90. The number of rotatable bonds is 4. The Bertz CT molecular complexity index is 533. The van der Waals surface area contributed by atoms with Gasteiger partial charge in [0.1, 0.15) is 6.54 Å². The Hall–Kier alpha value is -1.19. The number of nitrogens with two attached hydrogens (primary N) is 1. The number of nitrogens with one attached hydrogen (secondary N) is 2. The molecule has 0 atom stereocenters. The van der Waals surface area contributed by atoms with Crippen LogP contribution >= 0.6 is 11.6 Å². The van der Waals surface area contributed by atoms with Crippen molar-refractivity contribution < 1.29 is 21.6 Å². The fourth-order valence-electron chi connectivity index (χ4n) is 0.986. The van der Waals surface area contributed by atoms with Gasteiger partial charge in [-0.1, -0.05) is 17.7 Å². The van der Waals surface area contributed by atoms with E-state index < -0.39 is 22.9 Å². The van der Waals surface area contributed by atoms with Gasteiger partial charge < -0.3 is 5.73 Å². The first kappa shape index (κ1) is 14.9. The number of anilines is 2. The fraction of sp³-hybridized carbons (Fsp3) is 0.250. The van der Waals surface area contributed by atoms with Crippen molar-refractivity contribution in [2.45, 2.75) is 6.18 Å².